The minimum absolute atomic E-state index is 0.0756. The number of nitrogens with zero attached hydrogens (tertiary/aromatic N) is 4. The Morgan fingerprint density at radius 3 is 2.26 bits per heavy atom. The summed E-state index contributed by atoms with van der Waals surface area (Å²) in [6.45, 7) is 2.04. The molecule has 196 valence electrons. The molecule has 0 unspecified atom stereocenters. The van der Waals surface area contributed by atoms with Crippen LogP contribution in [0.3, 0.4) is 0 Å². The predicted octanol–water partition coefficient (Wildman–Crippen LogP) is 4.14. The van der Waals surface area contributed by atoms with Crippen LogP contribution in [-0.4, -0.2) is 29.2 Å². The molecule has 2 aromatic heterocycles. The molecular formula is C29H26N6O3S. The molecule has 0 fully saturated rings. The summed E-state index contributed by atoms with van der Waals surface area (Å²) in [5, 5.41) is 9.86. The second-order valence-corrected chi connectivity index (χ2v) is 10.7. The molecule has 0 aliphatic rings. The van der Waals surface area contributed by atoms with Gasteiger partial charge in [0.1, 0.15) is 17.5 Å². The number of hydrogen-bond donors (Lipinski definition) is 2. The van der Waals surface area contributed by atoms with Crippen molar-refractivity contribution in [2.24, 2.45) is 0 Å². The maximum Gasteiger partial charge on any atom is 0.263 e. The van der Waals surface area contributed by atoms with Gasteiger partial charge in [0.15, 0.2) is 9.84 Å². The van der Waals surface area contributed by atoms with Crippen molar-refractivity contribution in [1.82, 2.24) is 14.5 Å². The average Bonchev–Trinajstić information content (AvgIpc) is 2.93. The van der Waals surface area contributed by atoms with Gasteiger partial charge in [-0.3, -0.25) is 9.36 Å². The number of aromatic nitrogens is 3. The third-order valence-electron chi connectivity index (χ3n) is 6.05. The average molecular weight is 539 g/mol. The van der Waals surface area contributed by atoms with Crippen molar-refractivity contribution in [3.8, 4) is 22.9 Å². The number of para-hydroxylation sites is 1. The Bertz CT molecular complexity index is 1860. The number of anilines is 2. The fourth-order valence-electron chi connectivity index (χ4n) is 4.15. The van der Waals surface area contributed by atoms with Gasteiger partial charge >= 0.3 is 0 Å². The molecule has 0 aliphatic carbocycles. The topological polar surface area (TPSA) is 158 Å². The van der Waals surface area contributed by atoms with Gasteiger partial charge in [0.05, 0.1) is 16.5 Å². The standard InChI is InChI=1S/C24H21NO3S.C5H5N5/c1-3-19-16-18-8-7-11-22(17-12-14-21(15-13-17)29(2,27)28)23(18)24(26)25(19)20-9-5-4-6-10-20;6-1-3-2-9-5(8)10-4(3)7/h4-16H,3H2,1-2H3;2H,(H4,7,8,9,10). The molecule has 0 aliphatic heterocycles. The third kappa shape index (κ3) is 5.79. The molecule has 3 aromatic carbocycles. The van der Waals surface area contributed by atoms with Crippen LogP contribution in [0.15, 0.2) is 94.7 Å². The Labute approximate surface area is 225 Å². The van der Waals surface area contributed by atoms with Crippen molar-refractivity contribution in [1.29, 1.82) is 5.26 Å². The zero-order valence-electron chi connectivity index (χ0n) is 21.4. The van der Waals surface area contributed by atoms with Crippen molar-refractivity contribution < 1.29 is 8.42 Å². The summed E-state index contributed by atoms with van der Waals surface area (Å²) in [7, 11) is -3.27. The molecule has 10 heteroatoms. The number of pyridine rings is 1. The van der Waals surface area contributed by atoms with Crippen molar-refractivity contribution in [3.63, 3.8) is 0 Å². The first-order valence-electron chi connectivity index (χ1n) is 12.0. The van der Waals surface area contributed by atoms with Crippen molar-refractivity contribution >= 4 is 32.4 Å². The first-order chi connectivity index (χ1) is 18.6. The molecule has 0 saturated carbocycles. The van der Waals surface area contributed by atoms with Gasteiger partial charge in [-0.05, 0) is 53.3 Å². The predicted molar refractivity (Wildman–Crippen MR) is 153 cm³/mol. The number of hydrogen-bond acceptors (Lipinski definition) is 8. The molecule has 0 amide bonds. The number of nitrogen functional groups attached to an aromatic ring is 2. The summed E-state index contributed by atoms with van der Waals surface area (Å²) in [6, 6.07) is 25.9. The Balaban J connectivity index is 0.000000298. The zero-order chi connectivity index (χ0) is 28.2. The summed E-state index contributed by atoms with van der Waals surface area (Å²) < 4.78 is 25.3. The molecule has 0 bridgehead atoms. The van der Waals surface area contributed by atoms with E-state index in [1.165, 1.54) is 12.5 Å². The quantitative estimate of drug-likeness (QED) is 0.346. The molecular weight excluding hydrogens is 512 g/mol. The van der Waals surface area contributed by atoms with Crippen molar-refractivity contribution in [2.75, 3.05) is 17.7 Å². The Kier molecular flexibility index (Phi) is 7.74. The number of rotatable bonds is 4. The minimum Gasteiger partial charge on any atom is -0.382 e. The molecule has 0 atom stereocenters. The fourth-order valence-corrected chi connectivity index (χ4v) is 4.78. The number of fused-ring (bicyclic) bond motifs is 1. The monoisotopic (exact) mass is 538 g/mol. The fraction of sp³-hybridized carbons (Fsp3) is 0.103. The van der Waals surface area contributed by atoms with Gasteiger partial charge in [-0.1, -0.05) is 55.5 Å². The van der Waals surface area contributed by atoms with E-state index in [0.29, 0.717) is 5.39 Å². The molecule has 2 heterocycles. The largest absolute Gasteiger partial charge is 0.382 e. The van der Waals surface area contributed by atoms with E-state index in [-0.39, 0.29) is 27.8 Å². The molecule has 9 nitrogen and oxygen atoms in total. The van der Waals surface area contributed by atoms with Crippen LogP contribution in [-0.2, 0) is 16.3 Å². The van der Waals surface area contributed by atoms with E-state index in [9.17, 15) is 13.2 Å². The highest BCUT2D eigenvalue weighted by Crippen LogP contribution is 2.28. The Morgan fingerprint density at radius 1 is 0.974 bits per heavy atom. The molecule has 5 aromatic rings. The van der Waals surface area contributed by atoms with Crippen LogP contribution in [0, 0.1) is 11.3 Å². The van der Waals surface area contributed by atoms with Gasteiger partial charge in [0.25, 0.3) is 5.56 Å². The third-order valence-corrected chi connectivity index (χ3v) is 7.18. The molecule has 0 radical (unpaired) electrons. The van der Waals surface area contributed by atoms with E-state index in [1.807, 2.05) is 61.5 Å². The second-order valence-electron chi connectivity index (χ2n) is 8.67. The number of nitriles is 1. The van der Waals surface area contributed by atoms with Crippen LogP contribution in [0.5, 0.6) is 0 Å². The lowest BCUT2D eigenvalue weighted by Gasteiger charge is -2.15. The first-order valence-corrected chi connectivity index (χ1v) is 13.8. The van der Waals surface area contributed by atoms with Gasteiger partial charge in [0.2, 0.25) is 5.95 Å². The van der Waals surface area contributed by atoms with Crippen LogP contribution in [0.1, 0.15) is 18.2 Å². The smallest absolute Gasteiger partial charge is 0.263 e. The van der Waals surface area contributed by atoms with Gasteiger partial charge < -0.3 is 11.5 Å². The lowest BCUT2D eigenvalue weighted by Crippen LogP contribution is -2.22. The molecule has 0 spiro atoms. The van der Waals surface area contributed by atoms with E-state index in [1.54, 1.807) is 28.8 Å². The molecule has 39 heavy (non-hydrogen) atoms. The van der Waals surface area contributed by atoms with Crippen LogP contribution in [0.2, 0.25) is 0 Å². The number of nitrogens with two attached hydrogens (primary N) is 2. The summed E-state index contributed by atoms with van der Waals surface area (Å²) in [6.07, 6.45) is 3.20. The molecule has 4 N–H and O–H groups in total. The maximum absolute atomic E-state index is 13.6. The summed E-state index contributed by atoms with van der Waals surface area (Å²) in [5.41, 5.74) is 14.0. The van der Waals surface area contributed by atoms with Crippen LogP contribution >= 0.6 is 0 Å². The highest BCUT2D eigenvalue weighted by atomic mass is 32.2. The summed E-state index contributed by atoms with van der Waals surface area (Å²) in [4.78, 5) is 21.0. The van der Waals surface area contributed by atoms with E-state index < -0.39 is 9.84 Å². The minimum atomic E-state index is -3.27. The molecule has 5 rings (SSSR count). The van der Waals surface area contributed by atoms with E-state index in [2.05, 4.69) is 16.0 Å². The summed E-state index contributed by atoms with van der Waals surface area (Å²) >= 11 is 0. The van der Waals surface area contributed by atoms with Gasteiger partial charge in [-0.2, -0.15) is 10.2 Å². The van der Waals surface area contributed by atoms with Gasteiger partial charge in [-0.15, -0.1) is 0 Å². The molecule has 0 saturated heterocycles. The van der Waals surface area contributed by atoms with Gasteiger partial charge in [0, 0.05) is 17.6 Å². The zero-order valence-corrected chi connectivity index (χ0v) is 22.2. The van der Waals surface area contributed by atoms with Crippen molar-refractivity contribution in [2.45, 2.75) is 18.2 Å². The lowest BCUT2D eigenvalue weighted by atomic mass is 9.98. The highest BCUT2D eigenvalue weighted by molar-refractivity contribution is 7.90. The highest BCUT2D eigenvalue weighted by Gasteiger charge is 2.15. The Hall–Kier alpha value is -5.01. The van der Waals surface area contributed by atoms with Crippen LogP contribution in [0.25, 0.3) is 27.6 Å². The summed E-state index contributed by atoms with van der Waals surface area (Å²) in [5.74, 6) is 0.200. The number of sulfone groups is 1. The van der Waals surface area contributed by atoms with Gasteiger partial charge in [-0.25, -0.2) is 13.4 Å². The number of benzene rings is 3. The Morgan fingerprint density at radius 2 is 1.67 bits per heavy atom. The lowest BCUT2D eigenvalue weighted by molar-refractivity contribution is 0.602. The van der Waals surface area contributed by atoms with Crippen molar-refractivity contribution in [3.05, 3.63) is 107 Å². The first kappa shape index (κ1) is 27.0. The maximum atomic E-state index is 13.6. The normalized spacial score (nSPS) is 10.9. The number of aryl methyl sites for hydroxylation is 1. The van der Waals surface area contributed by atoms with E-state index in [0.717, 1.165) is 34.3 Å². The van der Waals surface area contributed by atoms with Crippen LogP contribution < -0.4 is 17.0 Å². The second kappa shape index (κ2) is 11.2. The van der Waals surface area contributed by atoms with E-state index in [4.69, 9.17) is 16.7 Å². The van der Waals surface area contributed by atoms with E-state index >= 15 is 0 Å². The van der Waals surface area contributed by atoms with Crippen LogP contribution in [0.4, 0.5) is 11.8 Å². The SMILES string of the molecule is CCc1cc2cccc(-c3ccc(S(C)(=O)=O)cc3)c2c(=O)n1-c1ccccc1.N#Cc1cnc(N)nc1N.